The number of nitrogens with one attached hydrogen (secondary N) is 2. The minimum Gasteiger partial charge on any atom is -0.483 e. The van der Waals surface area contributed by atoms with E-state index in [1.165, 1.54) is 18.2 Å². The van der Waals surface area contributed by atoms with Crippen molar-refractivity contribution < 1.29 is 33.4 Å². The predicted molar refractivity (Wildman–Crippen MR) is 101 cm³/mol. The summed E-state index contributed by atoms with van der Waals surface area (Å²) in [4.78, 5) is 61.8. The number of nitrogens with zero attached hydrogens (tertiary/aromatic N) is 1. The lowest BCUT2D eigenvalue weighted by atomic mass is 10.0. The van der Waals surface area contributed by atoms with Crippen LogP contribution in [-0.2, 0) is 19.1 Å². The van der Waals surface area contributed by atoms with Gasteiger partial charge in [0.05, 0.1) is 17.7 Å². The molecule has 2 aliphatic rings. The SMILES string of the molecule is C#CCOCCNC(=O)COc1cccc2c1C(=O)N(C1CCC(=O)NC1=O)C2=O. The maximum atomic E-state index is 12.9. The largest absolute Gasteiger partial charge is 0.483 e. The molecule has 1 aromatic carbocycles. The molecule has 0 aliphatic carbocycles. The number of piperidine rings is 1. The van der Waals surface area contributed by atoms with Crippen LogP contribution in [-0.4, -0.2) is 66.8 Å². The molecule has 1 aromatic rings. The van der Waals surface area contributed by atoms with Gasteiger partial charge in [-0.05, 0) is 18.6 Å². The number of carbonyl (C=O) groups excluding carboxylic acids is 5. The topological polar surface area (TPSA) is 131 Å². The number of carbonyl (C=O) groups is 5. The average molecular weight is 413 g/mol. The fourth-order valence-electron chi connectivity index (χ4n) is 3.19. The molecule has 10 nitrogen and oxygen atoms in total. The molecule has 1 atom stereocenters. The zero-order valence-corrected chi connectivity index (χ0v) is 15.9. The Labute approximate surface area is 171 Å². The molecule has 2 N–H and O–H groups in total. The summed E-state index contributed by atoms with van der Waals surface area (Å²) in [6.07, 6.45) is 5.12. The van der Waals surface area contributed by atoms with E-state index in [4.69, 9.17) is 15.9 Å². The van der Waals surface area contributed by atoms with Gasteiger partial charge in [-0.25, -0.2) is 0 Å². The van der Waals surface area contributed by atoms with Crippen LogP contribution in [0.5, 0.6) is 5.75 Å². The van der Waals surface area contributed by atoms with Crippen LogP contribution in [0.4, 0.5) is 0 Å². The van der Waals surface area contributed by atoms with Gasteiger partial charge in [-0.1, -0.05) is 12.0 Å². The second-order valence-corrected chi connectivity index (χ2v) is 6.52. The third kappa shape index (κ3) is 4.31. The minimum absolute atomic E-state index is 0.0163. The zero-order valence-electron chi connectivity index (χ0n) is 15.9. The lowest BCUT2D eigenvalue weighted by Crippen LogP contribution is -2.54. The first-order valence-electron chi connectivity index (χ1n) is 9.19. The second-order valence-electron chi connectivity index (χ2n) is 6.52. The Bertz CT molecular complexity index is 950. The lowest BCUT2D eigenvalue weighted by Gasteiger charge is -2.27. The van der Waals surface area contributed by atoms with E-state index < -0.39 is 35.6 Å². The molecule has 5 amide bonds. The highest BCUT2D eigenvalue weighted by molar-refractivity contribution is 6.24. The van der Waals surface area contributed by atoms with E-state index in [0.29, 0.717) is 0 Å². The Hall–Kier alpha value is -3.71. The van der Waals surface area contributed by atoms with E-state index in [0.717, 1.165) is 4.90 Å². The number of amides is 5. The fraction of sp³-hybridized carbons (Fsp3) is 0.350. The van der Waals surface area contributed by atoms with Gasteiger partial charge in [0.2, 0.25) is 11.8 Å². The molecule has 156 valence electrons. The van der Waals surface area contributed by atoms with Crippen molar-refractivity contribution in [3.05, 3.63) is 29.3 Å². The molecule has 3 rings (SSSR count). The van der Waals surface area contributed by atoms with Crippen molar-refractivity contribution >= 4 is 29.5 Å². The molecule has 1 unspecified atom stereocenters. The highest BCUT2D eigenvalue weighted by Crippen LogP contribution is 2.33. The number of imide groups is 2. The quantitative estimate of drug-likeness (QED) is 0.325. The van der Waals surface area contributed by atoms with Crippen molar-refractivity contribution in [2.75, 3.05) is 26.4 Å². The van der Waals surface area contributed by atoms with Gasteiger partial charge in [-0.3, -0.25) is 34.2 Å². The number of fused-ring (bicyclic) bond motifs is 1. The van der Waals surface area contributed by atoms with Crippen molar-refractivity contribution in [3.8, 4) is 18.1 Å². The minimum atomic E-state index is -1.07. The van der Waals surface area contributed by atoms with Gasteiger partial charge in [0.15, 0.2) is 6.61 Å². The van der Waals surface area contributed by atoms with Crippen molar-refractivity contribution in [2.45, 2.75) is 18.9 Å². The normalized spacial score (nSPS) is 18.0. The smallest absolute Gasteiger partial charge is 0.266 e. The summed E-state index contributed by atoms with van der Waals surface area (Å²) < 4.78 is 10.5. The van der Waals surface area contributed by atoms with Crippen molar-refractivity contribution in [1.29, 1.82) is 0 Å². The fourth-order valence-corrected chi connectivity index (χ4v) is 3.19. The first-order chi connectivity index (χ1) is 14.4. The standard InChI is InChI=1S/C20H19N3O7/c1-2-9-29-10-8-21-16(25)11-30-14-5-3-4-12-17(14)20(28)23(19(12)27)13-6-7-15(24)22-18(13)26/h1,3-5,13H,6-11H2,(H,21,25)(H,22,24,26). The summed E-state index contributed by atoms with van der Waals surface area (Å²) in [5.41, 5.74) is 0.0580. The zero-order chi connectivity index (χ0) is 21.7. The summed E-state index contributed by atoms with van der Waals surface area (Å²) in [5.74, 6) is -0.596. The monoisotopic (exact) mass is 413 g/mol. The van der Waals surface area contributed by atoms with Crippen LogP contribution < -0.4 is 15.4 Å². The maximum Gasteiger partial charge on any atom is 0.266 e. The molecule has 0 aromatic heterocycles. The van der Waals surface area contributed by atoms with Crippen LogP contribution in [0.3, 0.4) is 0 Å². The van der Waals surface area contributed by atoms with Crippen LogP contribution in [0.25, 0.3) is 0 Å². The van der Waals surface area contributed by atoms with Crippen molar-refractivity contribution in [3.63, 3.8) is 0 Å². The molecular weight excluding hydrogens is 394 g/mol. The number of terminal acetylenes is 1. The molecule has 2 aliphatic heterocycles. The molecule has 10 heteroatoms. The van der Waals surface area contributed by atoms with Gasteiger partial charge < -0.3 is 14.8 Å². The third-order valence-corrected chi connectivity index (χ3v) is 4.54. The summed E-state index contributed by atoms with van der Waals surface area (Å²) >= 11 is 0. The molecule has 0 radical (unpaired) electrons. The van der Waals surface area contributed by atoms with E-state index in [-0.39, 0.29) is 56.1 Å². The molecule has 2 heterocycles. The Morgan fingerprint density at radius 2 is 2.07 bits per heavy atom. The Morgan fingerprint density at radius 3 is 2.80 bits per heavy atom. The number of rotatable bonds is 8. The van der Waals surface area contributed by atoms with E-state index in [1.54, 1.807) is 0 Å². The van der Waals surface area contributed by atoms with Crippen LogP contribution in [0.15, 0.2) is 18.2 Å². The van der Waals surface area contributed by atoms with E-state index in [2.05, 4.69) is 16.6 Å². The molecule has 30 heavy (non-hydrogen) atoms. The first kappa shape index (κ1) is 21.0. The number of hydrogen-bond acceptors (Lipinski definition) is 7. The number of benzene rings is 1. The van der Waals surface area contributed by atoms with E-state index in [1.807, 2.05) is 0 Å². The van der Waals surface area contributed by atoms with Crippen LogP contribution in [0, 0.1) is 12.3 Å². The molecule has 1 fully saturated rings. The van der Waals surface area contributed by atoms with Gasteiger partial charge in [0.25, 0.3) is 17.7 Å². The molecule has 1 saturated heterocycles. The van der Waals surface area contributed by atoms with Crippen molar-refractivity contribution in [2.24, 2.45) is 0 Å². The number of hydrogen-bond donors (Lipinski definition) is 2. The lowest BCUT2D eigenvalue weighted by molar-refractivity contribution is -0.136. The third-order valence-electron chi connectivity index (χ3n) is 4.54. The molecular formula is C20H19N3O7. The maximum absolute atomic E-state index is 12.9. The molecule has 0 bridgehead atoms. The highest BCUT2D eigenvalue weighted by atomic mass is 16.5. The Morgan fingerprint density at radius 1 is 1.27 bits per heavy atom. The molecule has 0 saturated carbocycles. The second kappa shape index (κ2) is 9.19. The van der Waals surface area contributed by atoms with Crippen LogP contribution in [0.1, 0.15) is 33.6 Å². The van der Waals surface area contributed by atoms with Gasteiger partial charge in [-0.2, -0.15) is 0 Å². The predicted octanol–water partition coefficient (Wildman–Crippen LogP) is -0.767. The van der Waals surface area contributed by atoms with Gasteiger partial charge in [0.1, 0.15) is 18.4 Å². The number of ether oxygens (including phenoxy) is 2. The summed E-state index contributed by atoms with van der Waals surface area (Å²) in [6.45, 7) is 0.232. The van der Waals surface area contributed by atoms with Gasteiger partial charge >= 0.3 is 0 Å². The first-order valence-corrected chi connectivity index (χ1v) is 9.19. The van der Waals surface area contributed by atoms with Crippen molar-refractivity contribution in [1.82, 2.24) is 15.5 Å². The van der Waals surface area contributed by atoms with E-state index >= 15 is 0 Å². The highest BCUT2D eigenvalue weighted by Gasteiger charge is 2.46. The van der Waals surface area contributed by atoms with Crippen LogP contribution in [0.2, 0.25) is 0 Å². The summed E-state index contributed by atoms with van der Waals surface area (Å²) in [7, 11) is 0. The Kier molecular flexibility index (Phi) is 6.44. The van der Waals surface area contributed by atoms with Crippen LogP contribution >= 0.6 is 0 Å². The summed E-state index contributed by atoms with van der Waals surface area (Å²) in [5, 5.41) is 4.70. The molecule has 0 spiro atoms. The van der Waals surface area contributed by atoms with Gasteiger partial charge in [0, 0.05) is 13.0 Å². The van der Waals surface area contributed by atoms with E-state index in [9.17, 15) is 24.0 Å². The average Bonchev–Trinajstić information content (AvgIpc) is 2.97. The Balaban J connectivity index is 1.66. The van der Waals surface area contributed by atoms with Gasteiger partial charge in [-0.15, -0.1) is 6.42 Å². The summed E-state index contributed by atoms with van der Waals surface area (Å²) in [6, 6.07) is 3.34.